The lowest BCUT2D eigenvalue weighted by Gasteiger charge is -2.35. The molecule has 0 aromatic carbocycles. The number of hydrogen-bond donors (Lipinski definition) is 0. The van der Waals surface area contributed by atoms with E-state index >= 15 is 0 Å². The molecule has 100 valence electrons. The number of ether oxygens (including phenoxy) is 1. The van der Waals surface area contributed by atoms with Crippen molar-refractivity contribution in [1.29, 1.82) is 0 Å². The van der Waals surface area contributed by atoms with Gasteiger partial charge in [0.2, 0.25) is 0 Å². The maximum atomic E-state index is 12.1. The molecule has 0 saturated carbocycles. The van der Waals surface area contributed by atoms with E-state index in [9.17, 15) is 4.79 Å². The van der Waals surface area contributed by atoms with Crippen LogP contribution in [0.4, 0.5) is 0 Å². The Balaban J connectivity index is 1.90. The normalized spacial score (nSPS) is 21.1. The Morgan fingerprint density at radius 2 is 2.56 bits per heavy atom. The standard InChI is InChI=1S/C13H19NO2S2/c1-17-8-5-14-4-6-16-10-11(14)9-12(15)13-3-2-7-18-13/h2-3,7,11H,4-6,8-10H2,1H3/t11-/m0/s1. The first-order chi connectivity index (χ1) is 8.81. The van der Waals surface area contributed by atoms with Crippen LogP contribution in [-0.2, 0) is 4.74 Å². The van der Waals surface area contributed by atoms with Gasteiger partial charge in [-0.15, -0.1) is 11.3 Å². The first kappa shape index (κ1) is 14.1. The molecule has 1 atom stereocenters. The Morgan fingerprint density at radius 3 is 3.28 bits per heavy atom. The van der Waals surface area contributed by atoms with Gasteiger partial charge in [0.15, 0.2) is 5.78 Å². The Labute approximate surface area is 117 Å². The van der Waals surface area contributed by atoms with E-state index in [4.69, 9.17) is 4.74 Å². The topological polar surface area (TPSA) is 29.5 Å². The molecule has 2 heterocycles. The van der Waals surface area contributed by atoms with E-state index in [-0.39, 0.29) is 11.8 Å². The van der Waals surface area contributed by atoms with Gasteiger partial charge in [-0.05, 0) is 17.7 Å². The average molecular weight is 285 g/mol. The highest BCUT2D eigenvalue weighted by Gasteiger charge is 2.25. The third-order valence-corrected chi connectivity index (χ3v) is 4.65. The van der Waals surface area contributed by atoms with Crippen molar-refractivity contribution in [3.63, 3.8) is 0 Å². The molecular formula is C13H19NO2S2. The van der Waals surface area contributed by atoms with Crippen LogP contribution in [0.25, 0.3) is 0 Å². The van der Waals surface area contributed by atoms with E-state index in [1.165, 1.54) is 11.3 Å². The summed E-state index contributed by atoms with van der Waals surface area (Å²) in [5.74, 6) is 1.36. The van der Waals surface area contributed by atoms with Crippen LogP contribution < -0.4 is 0 Å². The summed E-state index contributed by atoms with van der Waals surface area (Å²) in [7, 11) is 0. The van der Waals surface area contributed by atoms with E-state index < -0.39 is 0 Å². The minimum atomic E-state index is 0.245. The second-order valence-electron chi connectivity index (χ2n) is 4.36. The van der Waals surface area contributed by atoms with Crippen LogP contribution in [0.1, 0.15) is 16.1 Å². The van der Waals surface area contributed by atoms with Gasteiger partial charge in [0.25, 0.3) is 0 Å². The summed E-state index contributed by atoms with van der Waals surface area (Å²) in [6.07, 6.45) is 2.70. The van der Waals surface area contributed by atoms with Crippen molar-refractivity contribution in [2.75, 3.05) is 38.3 Å². The molecule has 1 aromatic rings. The second kappa shape index (κ2) is 7.28. The summed E-state index contributed by atoms with van der Waals surface area (Å²) in [4.78, 5) is 15.4. The number of ketones is 1. The van der Waals surface area contributed by atoms with E-state index in [1.54, 1.807) is 0 Å². The molecule has 1 saturated heterocycles. The Bertz CT molecular complexity index is 367. The molecule has 0 bridgehead atoms. The first-order valence-electron chi connectivity index (χ1n) is 6.18. The molecule has 0 N–H and O–H groups in total. The third-order valence-electron chi connectivity index (χ3n) is 3.15. The highest BCUT2D eigenvalue weighted by molar-refractivity contribution is 7.98. The summed E-state index contributed by atoms with van der Waals surface area (Å²) < 4.78 is 5.51. The van der Waals surface area contributed by atoms with Crippen molar-refractivity contribution in [1.82, 2.24) is 4.90 Å². The van der Waals surface area contributed by atoms with E-state index in [2.05, 4.69) is 11.2 Å². The number of rotatable bonds is 6. The quantitative estimate of drug-likeness (QED) is 0.751. The summed E-state index contributed by atoms with van der Waals surface area (Å²) in [5, 5.41) is 1.95. The van der Waals surface area contributed by atoms with Crippen LogP contribution in [0.15, 0.2) is 17.5 Å². The van der Waals surface area contributed by atoms with Gasteiger partial charge >= 0.3 is 0 Å². The zero-order chi connectivity index (χ0) is 12.8. The van der Waals surface area contributed by atoms with E-state index in [1.807, 2.05) is 29.3 Å². The highest BCUT2D eigenvalue weighted by atomic mass is 32.2. The fourth-order valence-electron chi connectivity index (χ4n) is 2.13. The summed E-state index contributed by atoms with van der Waals surface area (Å²) in [6.45, 7) is 3.47. The molecule has 1 aliphatic heterocycles. The molecule has 1 fully saturated rings. The molecule has 0 radical (unpaired) electrons. The van der Waals surface area contributed by atoms with Crippen molar-refractivity contribution in [2.45, 2.75) is 12.5 Å². The molecule has 0 amide bonds. The molecule has 2 rings (SSSR count). The molecule has 0 aliphatic carbocycles. The summed E-state index contributed by atoms with van der Waals surface area (Å²) in [6, 6.07) is 4.09. The smallest absolute Gasteiger partial charge is 0.174 e. The Kier molecular flexibility index (Phi) is 5.69. The molecule has 3 nitrogen and oxygen atoms in total. The third kappa shape index (κ3) is 3.82. The van der Waals surface area contributed by atoms with Crippen LogP contribution in [0.2, 0.25) is 0 Å². The number of thioether (sulfide) groups is 1. The summed E-state index contributed by atoms with van der Waals surface area (Å²) in [5.41, 5.74) is 0. The SMILES string of the molecule is CSCCN1CCOC[C@@H]1CC(=O)c1cccs1. The molecule has 1 aliphatic rings. The van der Waals surface area contributed by atoms with Crippen molar-refractivity contribution < 1.29 is 9.53 Å². The van der Waals surface area contributed by atoms with Gasteiger partial charge < -0.3 is 4.74 Å². The van der Waals surface area contributed by atoms with Gasteiger partial charge in [-0.25, -0.2) is 0 Å². The van der Waals surface area contributed by atoms with Crippen LogP contribution in [-0.4, -0.2) is 55.0 Å². The number of carbonyl (C=O) groups is 1. The number of hydrogen-bond acceptors (Lipinski definition) is 5. The molecule has 1 aromatic heterocycles. The monoisotopic (exact) mass is 285 g/mol. The van der Waals surface area contributed by atoms with E-state index in [0.29, 0.717) is 13.0 Å². The van der Waals surface area contributed by atoms with Crippen molar-refractivity contribution in [2.24, 2.45) is 0 Å². The predicted molar refractivity (Wildman–Crippen MR) is 77.8 cm³/mol. The van der Waals surface area contributed by atoms with Crippen LogP contribution in [0, 0.1) is 0 Å². The van der Waals surface area contributed by atoms with Gasteiger partial charge in [-0.1, -0.05) is 6.07 Å². The molecule has 0 spiro atoms. The predicted octanol–water partition coefficient (Wildman–Crippen LogP) is 2.38. The van der Waals surface area contributed by atoms with Gasteiger partial charge in [-0.2, -0.15) is 11.8 Å². The molecule has 18 heavy (non-hydrogen) atoms. The van der Waals surface area contributed by atoms with Crippen LogP contribution in [0.3, 0.4) is 0 Å². The molecule has 5 heteroatoms. The fourth-order valence-corrected chi connectivity index (χ4v) is 3.22. The van der Waals surface area contributed by atoms with Gasteiger partial charge in [0, 0.05) is 31.3 Å². The van der Waals surface area contributed by atoms with Gasteiger partial charge in [-0.3, -0.25) is 9.69 Å². The second-order valence-corrected chi connectivity index (χ2v) is 6.30. The maximum Gasteiger partial charge on any atom is 0.174 e. The van der Waals surface area contributed by atoms with Crippen molar-refractivity contribution in [3.8, 4) is 0 Å². The first-order valence-corrected chi connectivity index (χ1v) is 8.46. The van der Waals surface area contributed by atoms with Crippen molar-refractivity contribution >= 4 is 28.9 Å². The zero-order valence-corrected chi connectivity index (χ0v) is 12.3. The molecule has 0 unspecified atom stereocenters. The lowest BCUT2D eigenvalue weighted by molar-refractivity contribution is -0.00539. The van der Waals surface area contributed by atoms with Gasteiger partial charge in [0.05, 0.1) is 18.1 Å². The number of morpholine rings is 1. The van der Waals surface area contributed by atoms with Crippen LogP contribution >= 0.6 is 23.1 Å². The van der Waals surface area contributed by atoms with E-state index in [0.717, 1.165) is 30.3 Å². The number of carbonyl (C=O) groups excluding carboxylic acids is 1. The Morgan fingerprint density at radius 1 is 1.67 bits per heavy atom. The van der Waals surface area contributed by atoms with Gasteiger partial charge in [0.1, 0.15) is 0 Å². The van der Waals surface area contributed by atoms with Crippen LogP contribution in [0.5, 0.6) is 0 Å². The maximum absolute atomic E-state index is 12.1. The Hall–Kier alpha value is -0.360. The lowest BCUT2D eigenvalue weighted by Crippen LogP contribution is -2.47. The average Bonchev–Trinajstić information content (AvgIpc) is 2.91. The number of nitrogens with zero attached hydrogens (tertiary/aromatic N) is 1. The fraction of sp³-hybridized carbons (Fsp3) is 0.615. The number of Topliss-reactive ketones (excluding diaryl/α,β-unsaturated/α-hetero) is 1. The minimum absolute atomic E-state index is 0.245. The zero-order valence-electron chi connectivity index (χ0n) is 10.6. The number of thiophene rings is 1. The summed E-state index contributed by atoms with van der Waals surface area (Å²) >= 11 is 3.37. The van der Waals surface area contributed by atoms with Crippen molar-refractivity contribution in [3.05, 3.63) is 22.4 Å². The largest absolute Gasteiger partial charge is 0.378 e. The lowest BCUT2D eigenvalue weighted by atomic mass is 10.1. The minimum Gasteiger partial charge on any atom is -0.378 e. The molecular weight excluding hydrogens is 266 g/mol. The highest BCUT2D eigenvalue weighted by Crippen LogP contribution is 2.17.